The molecule has 0 spiro atoms. The first-order valence-electron chi connectivity index (χ1n) is 9.07. The second kappa shape index (κ2) is 8.29. The molecule has 0 radical (unpaired) electrons. The van der Waals surface area contributed by atoms with Crippen LogP contribution in [0.5, 0.6) is 0 Å². The van der Waals surface area contributed by atoms with Gasteiger partial charge in [0.2, 0.25) is 11.8 Å². The van der Waals surface area contributed by atoms with Crippen LogP contribution in [0.25, 0.3) is 0 Å². The summed E-state index contributed by atoms with van der Waals surface area (Å²) >= 11 is 0. The predicted molar refractivity (Wildman–Crippen MR) is 93.6 cm³/mol. The van der Waals surface area contributed by atoms with E-state index >= 15 is 0 Å². The summed E-state index contributed by atoms with van der Waals surface area (Å²) in [6, 6.07) is 10.3. The van der Waals surface area contributed by atoms with E-state index in [1.54, 1.807) is 0 Å². The quantitative estimate of drug-likeness (QED) is 0.804. The molecule has 0 aromatic heterocycles. The van der Waals surface area contributed by atoms with E-state index in [-0.39, 0.29) is 17.9 Å². The van der Waals surface area contributed by atoms with Gasteiger partial charge in [0.15, 0.2) is 0 Å². The third kappa shape index (κ3) is 4.57. The van der Waals surface area contributed by atoms with Gasteiger partial charge in [-0.05, 0) is 37.8 Å². The summed E-state index contributed by atoms with van der Waals surface area (Å²) in [5, 5.41) is 2.78. The van der Waals surface area contributed by atoms with Crippen molar-refractivity contribution in [1.29, 1.82) is 0 Å². The first kappa shape index (κ1) is 17.0. The number of hydrogen-bond acceptors (Lipinski definition) is 3. The number of nitrogens with one attached hydrogen (secondary N) is 1. The van der Waals surface area contributed by atoms with E-state index in [4.69, 9.17) is 0 Å². The molecule has 130 valence electrons. The number of aryl methyl sites for hydroxylation is 1. The largest absolute Gasteiger partial charge is 0.344 e. The number of amides is 2. The highest BCUT2D eigenvalue weighted by Gasteiger charge is 2.32. The van der Waals surface area contributed by atoms with Crippen molar-refractivity contribution < 1.29 is 9.59 Å². The van der Waals surface area contributed by atoms with E-state index in [0.717, 1.165) is 39.1 Å². The minimum Gasteiger partial charge on any atom is -0.344 e. The number of carbonyl (C=O) groups excluding carboxylic acids is 2. The lowest BCUT2D eigenvalue weighted by molar-refractivity contribution is -0.136. The Kier molecular flexibility index (Phi) is 5.86. The van der Waals surface area contributed by atoms with E-state index in [2.05, 4.69) is 40.5 Å². The molecule has 0 bridgehead atoms. The van der Waals surface area contributed by atoms with Crippen molar-refractivity contribution in [3.8, 4) is 0 Å². The average molecular weight is 329 g/mol. The van der Waals surface area contributed by atoms with Gasteiger partial charge in [-0.15, -0.1) is 0 Å². The number of piperazine rings is 1. The minimum atomic E-state index is -0.282. The van der Waals surface area contributed by atoms with Crippen LogP contribution in [0.2, 0.25) is 0 Å². The molecule has 2 fully saturated rings. The minimum absolute atomic E-state index is 0.00500. The average Bonchev–Trinajstić information content (AvgIpc) is 3.06. The molecule has 1 atom stereocenters. The van der Waals surface area contributed by atoms with Crippen molar-refractivity contribution in [2.45, 2.75) is 38.1 Å². The Morgan fingerprint density at radius 2 is 1.83 bits per heavy atom. The molecule has 5 heteroatoms. The lowest BCUT2D eigenvalue weighted by atomic mass is 10.1. The van der Waals surface area contributed by atoms with Crippen LogP contribution in [0, 0.1) is 0 Å². The fourth-order valence-electron chi connectivity index (χ4n) is 3.52. The highest BCUT2D eigenvalue weighted by molar-refractivity contribution is 5.90. The first-order valence-corrected chi connectivity index (χ1v) is 9.07. The predicted octanol–water partition coefficient (Wildman–Crippen LogP) is 1.43. The van der Waals surface area contributed by atoms with E-state index in [0.29, 0.717) is 12.8 Å². The van der Waals surface area contributed by atoms with Gasteiger partial charge >= 0.3 is 0 Å². The van der Waals surface area contributed by atoms with Crippen molar-refractivity contribution >= 4 is 11.8 Å². The number of unbranched alkanes of at least 4 members (excludes halogenated alkanes) is 1. The van der Waals surface area contributed by atoms with Crippen LogP contribution in [0.4, 0.5) is 0 Å². The number of benzene rings is 1. The number of carbonyl (C=O) groups is 2. The molecule has 2 amide bonds. The van der Waals surface area contributed by atoms with E-state index in [9.17, 15) is 9.59 Å². The molecule has 3 rings (SSSR count). The zero-order valence-electron chi connectivity index (χ0n) is 14.2. The van der Waals surface area contributed by atoms with Gasteiger partial charge in [0.25, 0.3) is 0 Å². The Morgan fingerprint density at radius 3 is 2.50 bits per heavy atom. The Labute approximate surface area is 144 Å². The van der Waals surface area contributed by atoms with Crippen LogP contribution in [0.3, 0.4) is 0 Å². The molecule has 2 heterocycles. The van der Waals surface area contributed by atoms with Crippen LogP contribution in [-0.4, -0.2) is 60.4 Å². The maximum Gasteiger partial charge on any atom is 0.245 e. The summed E-state index contributed by atoms with van der Waals surface area (Å²) in [5.74, 6) is 0.106. The first-order chi connectivity index (χ1) is 11.7. The Bertz CT molecular complexity index is 553. The number of hydrogen-bond donors (Lipinski definition) is 1. The van der Waals surface area contributed by atoms with Gasteiger partial charge in [-0.1, -0.05) is 30.3 Å². The Morgan fingerprint density at radius 1 is 1.08 bits per heavy atom. The molecule has 0 saturated carbocycles. The van der Waals surface area contributed by atoms with Gasteiger partial charge < -0.3 is 10.2 Å². The topological polar surface area (TPSA) is 52.7 Å². The summed E-state index contributed by atoms with van der Waals surface area (Å²) in [6.07, 6.45) is 4.68. The maximum atomic E-state index is 12.4. The molecular weight excluding hydrogens is 302 g/mol. The van der Waals surface area contributed by atoms with Crippen LogP contribution in [-0.2, 0) is 16.0 Å². The summed E-state index contributed by atoms with van der Waals surface area (Å²) in [4.78, 5) is 28.0. The fourth-order valence-corrected chi connectivity index (χ4v) is 3.52. The van der Waals surface area contributed by atoms with Gasteiger partial charge in [-0.25, -0.2) is 0 Å². The molecule has 2 aliphatic heterocycles. The van der Waals surface area contributed by atoms with E-state index in [1.807, 2.05) is 4.90 Å². The zero-order valence-corrected chi connectivity index (χ0v) is 14.2. The van der Waals surface area contributed by atoms with E-state index in [1.165, 1.54) is 18.4 Å². The fraction of sp³-hybridized carbons (Fsp3) is 0.579. The van der Waals surface area contributed by atoms with Crippen molar-refractivity contribution in [2.75, 3.05) is 32.7 Å². The smallest absolute Gasteiger partial charge is 0.245 e. The van der Waals surface area contributed by atoms with Crippen LogP contribution in [0.15, 0.2) is 30.3 Å². The van der Waals surface area contributed by atoms with Gasteiger partial charge in [0, 0.05) is 32.6 Å². The molecule has 1 aromatic carbocycles. The highest BCUT2D eigenvalue weighted by Crippen LogP contribution is 2.12. The van der Waals surface area contributed by atoms with E-state index < -0.39 is 0 Å². The summed E-state index contributed by atoms with van der Waals surface area (Å²) < 4.78 is 0. The highest BCUT2D eigenvalue weighted by atomic mass is 16.2. The van der Waals surface area contributed by atoms with Crippen molar-refractivity contribution in [3.05, 3.63) is 35.9 Å². The third-order valence-electron chi connectivity index (χ3n) is 5.01. The lowest BCUT2D eigenvalue weighted by Gasteiger charge is -2.35. The maximum absolute atomic E-state index is 12.4. The molecule has 24 heavy (non-hydrogen) atoms. The summed E-state index contributed by atoms with van der Waals surface area (Å²) in [6.45, 7) is 4.55. The Balaban J connectivity index is 1.32. The van der Waals surface area contributed by atoms with Gasteiger partial charge in [0.1, 0.15) is 6.04 Å². The molecule has 0 aliphatic carbocycles. The van der Waals surface area contributed by atoms with Gasteiger partial charge in [-0.2, -0.15) is 0 Å². The summed E-state index contributed by atoms with van der Waals surface area (Å²) in [7, 11) is 0. The SMILES string of the molecule is O=C1CCC(C(=O)N2CCN(CCCCc3ccccc3)CC2)N1. The monoisotopic (exact) mass is 329 g/mol. The lowest BCUT2D eigenvalue weighted by Crippen LogP contribution is -2.53. The third-order valence-corrected chi connectivity index (χ3v) is 5.01. The molecule has 2 aliphatic rings. The van der Waals surface area contributed by atoms with Crippen LogP contribution < -0.4 is 5.32 Å². The van der Waals surface area contributed by atoms with Crippen LogP contribution in [0.1, 0.15) is 31.2 Å². The van der Waals surface area contributed by atoms with Gasteiger partial charge in [-0.3, -0.25) is 14.5 Å². The summed E-state index contributed by atoms with van der Waals surface area (Å²) in [5.41, 5.74) is 1.41. The van der Waals surface area contributed by atoms with Crippen LogP contribution >= 0.6 is 0 Å². The van der Waals surface area contributed by atoms with Gasteiger partial charge in [0.05, 0.1) is 0 Å². The molecule has 1 aromatic rings. The molecular formula is C19H27N3O2. The van der Waals surface area contributed by atoms with Crippen molar-refractivity contribution in [3.63, 3.8) is 0 Å². The number of rotatable bonds is 6. The second-order valence-corrected chi connectivity index (χ2v) is 6.77. The molecule has 1 N–H and O–H groups in total. The van der Waals surface area contributed by atoms with Crippen molar-refractivity contribution in [2.24, 2.45) is 0 Å². The molecule has 5 nitrogen and oxygen atoms in total. The number of nitrogens with zero attached hydrogens (tertiary/aromatic N) is 2. The van der Waals surface area contributed by atoms with Crippen molar-refractivity contribution in [1.82, 2.24) is 15.1 Å². The molecule has 2 saturated heterocycles. The normalized spacial score (nSPS) is 21.8. The zero-order chi connectivity index (χ0) is 16.8. The second-order valence-electron chi connectivity index (χ2n) is 6.77. The molecule has 1 unspecified atom stereocenters. The Hall–Kier alpha value is -1.88. The standard InChI is InChI=1S/C19H27N3O2/c23-18-10-9-17(20-18)19(24)22-14-12-21(13-15-22)11-5-4-8-16-6-2-1-3-7-16/h1-3,6-7,17H,4-5,8-15H2,(H,20,23).